The number of alkyl halides is 1. The summed E-state index contributed by atoms with van der Waals surface area (Å²) in [5.74, 6) is -0.125. The van der Waals surface area contributed by atoms with Crippen LogP contribution >= 0.6 is 0 Å². The quantitative estimate of drug-likeness (QED) is 0.653. The van der Waals surface area contributed by atoms with E-state index in [0.29, 0.717) is 19.5 Å². The molecule has 27 heavy (non-hydrogen) atoms. The number of carbonyl (C=O) groups is 1. The van der Waals surface area contributed by atoms with Crippen LogP contribution in [0.2, 0.25) is 0 Å². The van der Waals surface area contributed by atoms with E-state index in [2.05, 4.69) is 6.07 Å². The molecule has 4 rings (SSSR count). The molecule has 1 unspecified atom stereocenters. The van der Waals surface area contributed by atoms with Gasteiger partial charge < -0.3 is 9.80 Å². The SMILES string of the molecule is CCC(=O)N1CCN(c2ccc(-c3ccc4ccccc4n3)cc2)CC1F. The van der Waals surface area contributed by atoms with Gasteiger partial charge in [-0.15, -0.1) is 0 Å². The van der Waals surface area contributed by atoms with Crippen molar-refractivity contribution in [2.45, 2.75) is 19.6 Å². The number of piperazine rings is 1. The Labute approximate surface area is 158 Å². The third kappa shape index (κ3) is 3.50. The fraction of sp³-hybridized carbons (Fsp3) is 0.273. The first-order valence-electron chi connectivity index (χ1n) is 9.30. The van der Waals surface area contributed by atoms with Gasteiger partial charge in [0.15, 0.2) is 6.30 Å². The number of carbonyl (C=O) groups excluding carboxylic acids is 1. The summed E-state index contributed by atoms with van der Waals surface area (Å²) in [5.41, 5.74) is 3.88. The molecule has 1 aliphatic heterocycles. The van der Waals surface area contributed by atoms with Crippen molar-refractivity contribution in [2.75, 3.05) is 24.5 Å². The van der Waals surface area contributed by atoms with Crippen molar-refractivity contribution in [3.05, 3.63) is 60.7 Å². The van der Waals surface area contributed by atoms with Crippen LogP contribution in [0.3, 0.4) is 0 Å². The van der Waals surface area contributed by atoms with E-state index in [1.54, 1.807) is 6.92 Å². The number of pyridine rings is 1. The second-order valence-corrected chi connectivity index (χ2v) is 6.76. The summed E-state index contributed by atoms with van der Waals surface area (Å²) in [5, 5.41) is 1.12. The minimum Gasteiger partial charge on any atom is -0.365 e. The average molecular weight is 363 g/mol. The highest BCUT2D eigenvalue weighted by molar-refractivity contribution is 5.81. The van der Waals surface area contributed by atoms with Crippen LogP contribution < -0.4 is 4.90 Å². The molecule has 0 spiro atoms. The molecule has 0 radical (unpaired) electrons. The number of nitrogens with zero attached hydrogens (tertiary/aromatic N) is 3. The zero-order valence-electron chi connectivity index (χ0n) is 15.3. The predicted molar refractivity (Wildman–Crippen MR) is 106 cm³/mol. The monoisotopic (exact) mass is 363 g/mol. The number of hydrogen-bond acceptors (Lipinski definition) is 3. The lowest BCUT2D eigenvalue weighted by Crippen LogP contribution is -2.53. The Kier molecular flexibility index (Phi) is 4.75. The van der Waals surface area contributed by atoms with Crippen molar-refractivity contribution in [1.82, 2.24) is 9.88 Å². The van der Waals surface area contributed by atoms with Gasteiger partial charge in [-0.05, 0) is 24.3 Å². The largest absolute Gasteiger partial charge is 0.365 e. The summed E-state index contributed by atoms with van der Waals surface area (Å²) < 4.78 is 14.4. The minimum absolute atomic E-state index is 0.125. The topological polar surface area (TPSA) is 36.4 Å². The lowest BCUT2D eigenvalue weighted by Gasteiger charge is -2.38. The number of benzene rings is 2. The first-order valence-corrected chi connectivity index (χ1v) is 9.30. The van der Waals surface area contributed by atoms with Gasteiger partial charge in [-0.2, -0.15) is 0 Å². The molecule has 1 atom stereocenters. The Morgan fingerprint density at radius 2 is 1.85 bits per heavy atom. The molecule has 138 valence electrons. The smallest absolute Gasteiger partial charge is 0.224 e. The molecule has 2 aromatic carbocycles. The Bertz CT molecular complexity index is 957. The summed E-state index contributed by atoms with van der Waals surface area (Å²) in [7, 11) is 0. The standard InChI is InChI=1S/C22H22FN3O/c1-2-22(27)26-14-13-25(15-21(26)23)18-10-7-17(8-11-18)20-12-9-16-5-3-4-6-19(16)24-20/h3-12,21H,2,13-15H2,1H3. The molecule has 0 aliphatic carbocycles. The molecule has 1 amide bonds. The van der Waals surface area contributed by atoms with E-state index in [-0.39, 0.29) is 12.5 Å². The van der Waals surface area contributed by atoms with Crippen molar-refractivity contribution < 1.29 is 9.18 Å². The first-order chi connectivity index (χ1) is 13.2. The molecule has 4 nitrogen and oxygen atoms in total. The van der Waals surface area contributed by atoms with Gasteiger partial charge in [-0.25, -0.2) is 9.37 Å². The van der Waals surface area contributed by atoms with Crippen molar-refractivity contribution in [3.8, 4) is 11.3 Å². The fourth-order valence-electron chi connectivity index (χ4n) is 3.53. The molecule has 5 heteroatoms. The fourth-order valence-corrected chi connectivity index (χ4v) is 3.53. The number of aromatic nitrogens is 1. The van der Waals surface area contributed by atoms with Crippen LogP contribution in [0, 0.1) is 0 Å². The van der Waals surface area contributed by atoms with E-state index in [1.165, 1.54) is 4.90 Å². The number of halogens is 1. The van der Waals surface area contributed by atoms with E-state index < -0.39 is 6.30 Å². The van der Waals surface area contributed by atoms with Crippen LogP contribution in [0.1, 0.15) is 13.3 Å². The van der Waals surface area contributed by atoms with Gasteiger partial charge >= 0.3 is 0 Å². The molecular weight excluding hydrogens is 341 g/mol. The zero-order valence-corrected chi connectivity index (χ0v) is 15.3. The molecule has 1 fully saturated rings. The van der Waals surface area contributed by atoms with E-state index in [0.717, 1.165) is 27.8 Å². The predicted octanol–water partition coefficient (Wildman–Crippen LogP) is 4.26. The van der Waals surface area contributed by atoms with Crippen LogP contribution in [0.25, 0.3) is 22.2 Å². The second-order valence-electron chi connectivity index (χ2n) is 6.76. The number of amides is 1. The highest BCUT2D eigenvalue weighted by atomic mass is 19.1. The maximum absolute atomic E-state index is 14.4. The maximum Gasteiger partial charge on any atom is 0.224 e. The molecular formula is C22H22FN3O. The van der Waals surface area contributed by atoms with Gasteiger partial charge in [0, 0.05) is 36.1 Å². The van der Waals surface area contributed by atoms with Crippen molar-refractivity contribution >= 4 is 22.5 Å². The van der Waals surface area contributed by atoms with E-state index in [4.69, 9.17) is 4.98 Å². The van der Waals surface area contributed by atoms with E-state index in [9.17, 15) is 9.18 Å². The first kappa shape index (κ1) is 17.5. The molecule has 2 heterocycles. The van der Waals surface area contributed by atoms with Gasteiger partial charge in [0.2, 0.25) is 5.91 Å². The minimum atomic E-state index is -1.26. The summed E-state index contributed by atoms with van der Waals surface area (Å²) in [6, 6.07) is 20.2. The third-order valence-corrected chi connectivity index (χ3v) is 5.07. The van der Waals surface area contributed by atoms with Crippen LogP contribution in [-0.4, -0.2) is 41.7 Å². The van der Waals surface area contributed by atoms with Gasteiger partial charge in [-0.1, -0.05) is 43.3 Å². The van der Waals surface area contributed by atoms with Crippen LogP contribution in [0.5, 0.6) is 0 Å². The summed E-state index contributed by atoms with van der Waals surface area (Å²) in [6.07, 6.45) is -0.915. The highest BCUT2D eigenvalue weighted by Crippen LogP contribution is 2.26. The number of anilines is 1. The lowest BCUT2D eigenvalue weighted by atomic mass is 10.1. The van der Waals surface area contributed by atoms with Crippen molar-refractivity contribution in [3.63, 3.8) is 0 Å². The molecule has 0 N–H and O–H groups in total. The average Bonchev–Trinajstić information content (AvgIpc) is 2.73. The van der Waals surface area contributed by atoms with Crippen LogP contribution in [0.15, 0.2) is 60.7 Å². The molecule has 1 aromatic heterocycles. The van der Waals surface area contributed by atoms with Gasteiger partial charge in [0.25, 0.3) is 0 Å². The summed E-state index contributed by atoms with van der Waals surface area (Å²) in [6.45, 7) is 3.03. The Balaban J connectivity index is 1.51. The zero-order chi connectivity index (χ0) is 18.8. The second kappa shape index (κ2) is 7.35. The summed E-state index contributed by atoms with van der Waals surface area (Å²) in [4.78, 5) is 19.8. The molecule has 0 saturated carbocycles. The van der Waals surface area contributed by atoms with E-state index >= 15 is 0 Å². The van der Waals surface area contributed by atoms with Crippen LogP contribution in [0.4, 0.5) is 10.1 Å². The van der Waals surface area contributed by atoms with Crippen molar-refractivity contribution in [2.24, 2.45) is 0 Å². The third-order valence-electron chi connectivity index (χ3n) is 5.07. The van der Waals surface area contributed by atoms with Gasteiger partial charge in [0.05, 0.1) is 17.8 Å². The number of hydrogen-bond donors (Lipinski definition) is 0. The van der Waals surface area contributed by atoms with Crippen molar-refractivity contribution in [1.29, 1.82) is 0 Å². The number of para-hydroxylation sites is 1. The maximum atomic E-state index is 14.4. The molecule has 0 bridgehead atoms. The van der Waals surface area contributed by atoms with Crippen LogP contribution in [-0.2, 0) is 4.79 Å². The Morgan fingerprint density at radius 1 is 1.07 bits per heavy atom. The Hall–Kier alpha value is -2.95. The molecule has 1 aliphatic rings. The highest BCUT2D eigenvalue weighted by Gasteiger charge is 2.29. The normalized spacial score (nSPS) is 17.3. The molecule has 1 saturated heterocycles. The summed E-state index contributed by atoms with van der Waals surface area (Å²) >= 11 is 0. The van der Waals surface area contributed by atoms with Gasteiger partial charge in [-0.3, -0.25) is 4.79 Å². The molecule has 3 aromatic rings. The van der Waals surface area contributed by atoms with E-state index in [1.807, 2.05) is 59.5 Å². The Morgan fingerprint density at radius 3 is 2.59 bits per heavy atom. The number of fused-ring (bicyclic) bond motifs is 1. The van der Waals surface area contributed by atoms with Gasteiger partial charge in [0.1, 0.15) is 0 Å². The number of rotatable bonds is 3. The lowest BCUT2D eigenvalue weighted by molar-refractivity contribution is -0.137.